The Kier molecular flexibility index (Phi) is 2.69. The Bertz CT molecular complexity index is 320. The van der Waals surface area contributed by atoms with Crippen molar-refractivity contribution in [1.29, 1.82) is 0 Å². The number of primary amides is 1. The second-order valence-electron chi connectivity index (χ2n) is 2.77. The molecule has 0 aliphatic carbocycles. The summed E-state index contributed by atoms with van der Waals surface area (Å²) in [6.07, 6.45) is 1.50. The molecule has 0 aromatic carbocycles. The van der Waals surface area contributed by atoms with Gasteiger partial charge in [-0.3, -0.25) is 0 Å². The number of rotatable bonds is 2. The monoisotopic (exact) mass is 180 g/mol. The topological polar surface area (TPSA) is 83.3 Å². The average Bonchev–Trinajstić information content (AvgIpc) is 2.30. The minimum atomic E-state index is -0.670. The largest absolute Gasteiger partial charge is 0.358 e. The lowest BCUT2D eigenvalue weighted by molar-refractivity contribution is 0.249. The van der Waals surface area contributed by atoms with E-state index in [9.17, 15) is 4.79 Å². The molecule has 4 N–H and O–H groups in total. The number of hydrogen-bond acceptors (Lipinski definition) is 2. The number of H-pyrrole nitrogens is 1. The van der Waals surface area contributed by atoms with Crippen LogP contribution in [0.25, 0.3) is 0 Å². The molecule has 70 valence electrons. The molecule has 0 saturated heterocycles. The fourth-order valence-electron chi connectivity index (χ4n) is 0.928. The smallest absolute Gasteiger partial charge is 0.332 e. The standard InChI is InChI=1S/C8H12N4O/c1-5-3-7(11-6(5)2)4-10-12-8(9)13/h3-4,11H,1-2H3,(H3,9,12,13)/b10-4+. The van der Waals surface area contributed by atoms with E-state index in [1.165, 1.54) is 6.21 Å². The van der Waals surface area contributed by atoms with Crippen LogP contribution in [-0.2, 0) is 0 Å². The highest BCUT2D eigenvalue weighted by Gasteiger charge is 1.96. The van der Waals surface area contributed by atoms with Crippen molar-refractivity contribution in [3.8, 4) is 0 Å². The summed E-state index contributed by atoms with van der Waals surface area (Å²) in [5, 5.41) is 3.61. The second-order valence-corrected chi connectivity index (χ2v) is 2.77. The summed E-state index contributed by atoms with van der Waals surface area (Å²) in [4.78, 5) is 13.3. The molecule has 0 spiro atoms. The number of carbonyl (C=O) groups excluding carboxylic acids is 1. The van der Waals surface area contributed by atoms with Gasteiger partial charge in [-0.2, -0.15) is 5.10 Å². The zero-order valence-corrected chi connectivity index (χ0v) is 7.59. The van der Waals surface area contributed by atoms with Crippen molar-refractivity contribution in [2.24, 2.45) is 10.8 Å². The lowest BCUT2D eigenvalue weighted by Gasteiger charge is -1.89. The van der Waals surface area contributed by atoms with Crippen LogP contribution in [0, 0.1) is 13.8 Å². The summed E-state index contributed by atoms with van der Waals surface area (Å²) in [6, 6.07) is 1.26. The van der Waals surface area contributed by atoms with E-state index in [1.807, 2.05) is 19.9 Å². The third-order valence-corrected chi connectivity index (χ3v) is 1.67. The van der Waals surface area contributed by atoms with Gasteiger partial charge in [0.25, 0.3) is 0 Å². The average molecular weight is 180 g/mol. The molecule has 1 aromatic heterocycles. The number of hydrogen-bond donors (Lipinski definition) is 3. The first-order chi connectivity index (χ1) is 6.09. The number of amides is 2. The molecule has 1 rings (SSSR count). The zero-order chi connectivity index (χ0) is 9.84. The Labute approximate surface area is 76.0 Å². The van der Waals surface area contributed by atoms with Gasteiger partial charge in [0.05, 0.1) is 11.9 Å². The van der Waals surface area contributed by atoms with Gasteiger partial charge in [0.2, 0.25) is 0 Å². The number of aromatic nitrogens is 1. The van der Waals surface area contributed by atoms with Crippen molar-refractivity contribution in [1.82, 2.24) is 10.4 Å². The summed E-state index contributed by atoms with van der Waals surface area (Å²) in [5.41, 5.74) is 10.0. The van der Waals surface area contributed by atoms with E-state index >= 15 is 0 Å². The minimum absolute atomic E-state index is 0.670. The third kappa shape index (κ3) is 2.62. The van der Waals surface area contributed by atoms with E-state index < -0.39 is 6.03 Å². The Hall–Kier alpha value is -1.78. The first-order valence-electron chi connectivity index (χ1n) is 3.84. The quantitative estimate of drug-likeness (QED) is 0.452. The molecule has 0 saturated carbocycles. The summed E-state index contributed by atoms with van der Waals surface area (Å²) in [5.74, 6) is 0. The van der Waals surface area contributed by atoms with Crippen LogP contribution in [-0.4, -0.2) is 17.2 Å². The van der Waals surface area contributed by atoms with Crippen LogP contribution in [0.2, 0.25) is 0 Å². The van der Waals surface area contributed by atoms with Crippen LogP contribution >= 0.6 is 0 Å². The van der Waals surface area contributed by atoms with Crippen molar-refractivity contribution in [3.05, 3.63) is 23.0 Å². The van der Waals surface area contributed by atoms with Gasteiger partial charge in [-0.15, -0.1) is 0 Å². The highest BCUT2D eigenvalue weighted by Crippen LogP contribution is 2.05. The summed E-state index contributed by atoms with van der Waals surface area (Å²) >= 11 is 0. The Morgan fingerprint density at radius 2 is 2.38 bits per heavy atom. The molecule has 2 amide bonds. The van der Waals surface area contributed by atoms with E-state index in [2.05, 4.69) is 15.5 Å². The number of aryl methyl sites for hydroxylation is 2. The first-order valence-corrected chi connectivity index (χ1v) is 3.84. The van der Waals surface area contributed by atoms with E-state index in [0.717, 1.165) is 17.0 Å². The van der Waals surface area contributed by atoms with Crippen molar-refractivity contribution in [2.45, 2.75) is 13.8 Å². The first kappa shape index (κ1) is 9.31. The van der Waals surface area contributed by atoms with Crippen molar-refractivity contribution < 1.29 is 4.79 Å². The van der Waals surface area contributed by atoms with Crippen LogP contribution in [0.3, 0.4) is 0 Å². The van der Waals surface area contributed by atoms with Crippen molar-refractivity contribution in [3.63, 3.8) is 0 Å². The maximum absolute atomic E-state index is 10.2. The molecule has 5 heteroatoms. The molecule has 1 heterocycles. The normalized spacial score (nSPS) is 10.6. The SMILES string of the molecule is Cc1cc(/C=N/NC(N)=O)[nH]c1C. The van der Waals surface area contributed by atoms with Crippen LogP contribution in [0.5, 0.6) is 0 Å². The van der Waals surface area contributed by atoms with Gasteiger partial charge in [-0.1, -0.05) is 0 Å². The highest BCUT2D eigenvalue weighted by molar-refractivity contribution is 5.80. The summed E-state index contributed by atoms with van der Waals surface area (Å²) in [6.45, 7) is 3.96. The second kappa shape index (κ2) is 3.75. The highest BCUT2D eigenvalue weighted by atomic mass is 16.2. The van der Waals surface area contributed by atoms with E-state index in [0.29, 0.717) is 0 Å². The Morgan fingerprint density at radius 1 is 1.69 bits per heavy atom. The van der Waals surface area contributed by atoms with Gasteiger partial charge >= 0.3 is 6.03 Å². The maximum Gasteiger partial charge on any atom is 0.332 e. The Balaban J connectivity index is 2.64. The number of carbonyl (C=O) groups is 1. The van der Waals surface area contributed by atoms with Crippen LogP contribution in [0.15, 0.2) is 11.2 Å². The molecule has 5 nitrogen and oxygen atoms in total. The molecule has 0 aliphatic rings. The number of nitrogens with one attached hydrogen (secondary N) is 2. The maximum atomic E-state index is 10.2. The predicted molar refractivity (Wildman–Crippen MR) is 50.6 cm³/mol. The lowest BCUT2D eigenvalue weighted by atomic mass is 10.3. The number of urea groups is 1. The Morgan fingerprint density at radius 3 is 2.85 bits per heavy atom. The van der Waals surface area contributed by atoms with Gasteiger partial charge in [0, 0.05) is 5.69 Å². The molecular weight excluding hydrogens is 168 g/mol. The summed E-state index contributed by atoms with van der Waals surface area (Å²) in [7, 11) is 0. The zero-order valence-electron chi connectivity index (χ0n) is 7.59. The van der Waals surface area contributed by atoms with Gasteiger partial charge < -0.3 is 10.7 Å². The molecule has 0 fully saturated rings. The number of hydrazone groups is 1. The van der Waals surface area contributed by atoms with Crippen LogP contribution < -0.4 is 11.2 Å². The van der Waals surface area contributed by atoms with Gasteiger partial charge in [-0.05, 0) is 25.5 Å². The molecular formula is C8H12N4O. The van der Waals surface area contributed by atoms with Crippen molar-refractivity contribution >= 4 is 12.2 Å². The van der Waals surface area contributed by atoms with Gasteiger partial charge in [0.15, 0.2) is 0 Å². The fourth-order valence-corrected chi connectivity index (χ4v) is 0.928. The molecule has 0 atom stereocenters. The molecule has 13 heavy (non-hydrogen) atoms. The predicted octanol–water partition coefficient (Wildman–Crippen LogP) is 0.634. The molecule has 0 unspecified atom stereocenters. The molecule has 0 radical (unpaired) electrons. The summed E-state index contributed by atoms with van der Waals surface area (Å²) < 4.78 is 0. The van der Waals surface area contributed by atoms with Gasteiger partial charge in [0.1, 0.15) is 0 Å². The van der Waals surface area contributed by atoms with Crippen LogP contribution in [0.4, 0.5) is 4.79 Å². The minimum Gasteiger partial charge on any atom is -0.358 e. The van der Waals surface area contributed by atoms with Gasteiger partial charge in [-0.25, -0.2) is 10.2 Å². The molecule has 0 aliphatic heterocycles. The fraction of sp³-hybridized carbons (Fsp3) is 0.250. The van der Waals surface area contributed by atoms with E-state index in [4.69, 9.17) is 5.73 Å². The number of nitrogens with two attached hydrogens (primary N) is 1. The van der Waals surface area contributed by atoms with Crippen molar-refractivity contribution in [2.75, 3.05) is 0 Å². The van der Waals surface area contributed by atoms with E-state index in [-0.39, 0.29) is 0 Å². The van der Waals surface area contributed by atoms with E-state index in [1.54, 1.807) is 0 Å². The molecule has 0 bridgehead atoms. The lowest BCUT2D eigenvalue weighted by Crippen LogP contribution is -2.24. The number of nitrogens with zero attached hydrogens (tertiary/aromatic N) is 1. The van der Waals surface area contributed by atoms with Crippen LogP contribution in [0.1, 0.15) is 17.0 Å². The molecule has 1 aromatic rings. The number of aromatic amines is 1. The third-order valence-electron chi connectivity index (χ3n) is 1.67.